The smallest absolute Gasteiger partial charge is 0.143 e. The number of hydrogen-bond acceptors (Lipinski definition) is 2. The van der Waals surface area contributed by atoms with Gasteiger partial charge in [0.2, 0.25) is 0 Å². The van der Waals surface area contributed by atoms with Gasteiger partial charge in [0, 0.05) is 12.3 Å². The first kappa shape index (κ1) is 10.3. The number of nitrogens with two attached hydrogens (primary N) is 1. The molecule has 2 N–H and O–H groups in total. The highest BCUT2D eigenvalue weighted by Gasteiger charge is 2.08. The van der Waals surface area contributed by atoms with Crippen LogP contribution in [0.1, 0.15) is 0 Å². The van der Waals surface area contributed by atoms with Crippen molar-refractivity contribution in [2.24, 2.45) is 0 Å². The van der Waals surface area contributed by atoms with Crippen LogP contribution >= 0.6 is 23.2 Å². The number of halogens is 3. The van der Waals surface area contributed by atoms with Gasteiger partial charge in [-0.05, 0) is 6.07 Å². The van der Waals surface area contributed by atoms with Crippen molar-refractivity contribution in [1.82, 2.24) is 9.78 Å². The largest absolute Gasteiger partial charge is 0.397 e. The number of anilines is 1. The maximum Gasteiger partial charge on any atom is 0.143 e. The highest BCUT2D eigenvalue weighted by atomic mass is 35.5. The monoisotopic (exact) mass is 245 g/mol. The van der Waals surface area contributed by atoms with E-state index in [-0.39, 0.29) is 10.7 Å². The van der Waals surface area contributed by atoms with Crippen LogP contribution in [0.2, 0.25) is 10.0 Å². The molecule has 0 spiro atoms. The van der Waals surface area contributed by atoms with Crippen molar-refractivity contribution in [3.63, 3.8) is 0 Å². The van der Waals surface area contributed by atoms with Crippen LogP contribution in [0, 0.1) is 5.82 Å². The SMILES string of the molecule is Nc1cc(F)c(Cl)cc1-n1cc(Cl)cn1. The molecule has 0 aliphatic rings. The first-order valence-corrected chi connectivity index (χ1v) is 4.78. The van der Waals surface area contributed by atoms with Gasteiger partial charge < -0.3 is 5.73 Å². The molecule has 0 radical (unpaired) electrons. The third kappa shape index (κ3) is 1.91. The Balaban J connectivity index is 2.58. The average molecular weight is 246 g/mol. The molecular weight excluding hydrogens is 240 g/mol. The molecule has 78 valence electrons. The molecule has 2 aromatic rings. The number of nitrogen functional groups attached to an aromatic ring is 1. The topological polar surface area (TPSA) is 43.8 Å². The molecule has 15 heavy (non-hydrogen) atoms. The van der Waals surface area contributed by atoms with Crippen molar-refractivity contribution >= 4 is 28.9 Å². The van der Waals surface area contributed by atoms with Crippen LogP contribution in [0.3, 0.4) is 0 Å². The maximum absolute atomic E-state index is 13.0. The second-order valence-electron chi connectivity index (χ2n) is 2.93. The Bertz CT molecular complexity index is 510. The zero-order chi connectivity index (χ0) is 11.0. The minimum absolute atomic E-state index is 0.00850. The van der Waals surface area contributed by atoms with E-state index in [0.717, 1.165) is 6.07 Å². The molecule has 0 atom stereocenters. The lowest BCUT2D eigenvalue weighted by molar-refractivity contribution is 0.628. The van der Waals surface area contributed by atoms with Gasteiger partial charge in [0.1, 0.15) is 5.82 Å². The van der Waals surface area contributed by atoms with E-state index in [4.69, 9.17) is 28.9 Å². The van der Waals surface area contributed by atoms with E-state index in [1.54, 1.807) is 6.20 Å². The predicted octanol–water partition coefficient (Wildman–Crippen LogP) is 2.90. The number of aromatic nitrogens is 2. The second-order valence-corrected chi connectivity index (χ2v) is 3.77. The summed E-state index contributed by atoms with van der Waals surface area (Å²) < 4.78 is 14.4. The van der Waals surface area contributed by atoms with E-state index in [1.807, 2.05) is 0 Å². The molecule has 0 saturated carbocycles. The van der Waals surface area contributed by atoms with Crippen LogP contribution in [0.4, 0.5) is 10.1 Å². The molecule has 0 bridgehead atoms. The van der Waals surface area contributed by atoms with Crippen LogP contribution in [0.15, 0.2) is 24.5 Å². The first-order chi connectivity index (χ1) is 7.08. The lowest BCUT2D eigenvalue weighted by Gasteiger charge is -2.06. The molecule has 0 unspecified atom stereocenters. The van der Waals surface area contributed by atoms with Crippen LogP contribution in [-0.2, 0) is 0 Å². The van der Waals surface area contributed by atoms with Crippen molar-refractivity contribution in [3.05, 3.63) is 40.4 Å². The van der Waals surface area contributed by atoms with Crippen LogP contribution < -0.4 is 5.73 Å². The van der Waals surface area contributed by atoms with Crippen LogP contribution in [0.5, 0.6) is 0 Å². The number of nitrogens with zero attached hydrogens (tertiary/aromatic N) is 2. The summed E-state index contributed by atoms with van der Waals surface area (Å²) in [6.45, 7) is 0. The fourth-order valence-corrected chi connectivity index (χ4v) is 1.48. The summed E-state index contributed by atoms with van der Waals surface area (Å²) in [4.78, 5) is 0. The Hall–Kier alpha value is -1.26. The number of benzene rings is 1. The van der Waals surface area contributed by atoms with E-state index < -0.39 is 5.82 Å². The van der Waals surface area contributed by atoms with Gasteiger partial charge in [0.05, 0.1) is 27.6 Å². The third-order valence-corrected chi connectivity index (χ3v) is 2.35. The van der Waals surface area contributed by atoms with Gasteiger partial charge in [-0.2, -0.15) is 5.10 Å². The van der Waals surface area contributed by atoms with Gasteiger partial charge in [-0.25, -0.2) is 9.07 Å². The molecule has 0 saturated heterocycles. The molecule has 0 fully saturated rings. The Kier molecular flexibility index (Phi) is 2.54. The molecule has 0 aliphatic heterocycles. The molecule has 1 heterocycles. The summed E-state index contributed by atoms with van der Waals surface area (Å²) in [6.07, 6.45) is 3.01. The zero-order valence-electron chi connectivity index (χ0n) is 7.42. The molecule has 1 aromatic heterocycles. The Morgan fingerprint density at radius 1 is 1.33 bits per heavy atom. The average Bonchev–Trinajstić information content (AvgIpc) is 2.58. The Morgan fingerprint density at radius 2 is 2.07 bits per heavy atom. The van der Waals surface area contributed by atoms with E-state index in [1.165, 1.54) is 16.9 Å². The predicted molar refractivity (Wildman–Crippen MR) is 58.0 cm³/mol. The molecule has 1 aromatic carbocycles. The third-order valence-electron chi connectivity index (χ3n) is 1.87. The lowest BCUT2D eigenvalue weighted by atomic mass is 10.2. The zero-order valence-corrected chi connectivity index (χ0v) is 8.93. The van der Waals surface area contributed by atoms with Gasteiger partial charge in [0.25, 0.3) is 0 Å². The van der Waals surface area contributed by atoms with Crippen molar-refractivity contribution in [3.8, 4) is 5.69 Å². The summed E-state index contributed by atoms with van der Waals surface area (Å²) in [5.41, 5.74) is 6.37. The maximum atomic E-state index is 13.0. The van der Waals surface area contributed by atoms with Crippen molar-refractivity contribution in [2.75, 3.05) is 5.73 Å². The van der Waals surface area contributed by atoms with Crippen molar-refractivity contribution in [1.29, 1.82) is 0 Å². The summed E-state index contributed by atoms with van der Waals surface area (Å²) >= 11 is 11.3. The minimum atomic E-state index is -0.559. The molecular formula is C9H6Cl2FN3. The van der Waals surface area contributed by atoms with Gasteiger partial charge >= 0.3 is 0 Å². The number of hydrogen-bond donors (Lipinski definition) is 1. The van der Waals surface area contributed by atoms with Gasteiger partial charge in [0.15, 0.2) is 0 Å². The summed E-state index contributed by atoms with van der Waals surface area (Å²) in [6, 6.07) is 2.54. The fraction of sp³-hybridized carbons (Fsp3) is 0. The van der Waals surface area contributed by atoms with Gasteiger partial charge in [-0.3, -0.25) is 0 Å². The summed E-state index contributed by atoms with van der Waals surface area (Å²) in [5, 5.41) is 4.40. The fourth-order valence-electron chi connectivity index (χ4n) is 1.18. The molecule has 6 heteroatoms. The van der Waals surface area contributed by atoms with Crippen LogP contribution in [-0.4, -0.2) is 9.78 Å². The van der Waals surface area contributed by atoms with E-state index >= 15 is 0 Å². The molecule has 0 aliphatic carbocycles. The minimum Gasteiger partial charge on any atom is -0.397 e. The molecule has 3 nitrogen and oxygen atoms in total. The van der Waals surface area contributed by atoms with Gasteiger partial charge in [-0.1, -0.05) is 23.2 Å². The number of rotatable bonds is 1. The molecule has 0 amide bonds. The van der Waals surface area contributed by atoms with Crippen molar-refractivity contribution < 1.29 is 4.39 Å². The summed E-state index contributed by atoms with van der Waals surface area (Å²) in [5.74, 6) is -0.559. The van der Waals surface area contributed by atoms with E-state index in [9.17, 15) is 4.39 Å². The highest BCUT2D eigenvalue weighted by Crippen LogP contribution is 2.25. The van der Waals surface area contributed by atoms with Crippen molar-refractivity contribution in [2.45, 2.75) is 0 Å². The second kappa shape index (κ2) is 3.72. The quantitative estimate of drug-likeness (QED) is 0.786. The standard InChI is InChI=1S/C9H6Cl2FN3/c10-5-3-14-15(4-5)9-1-6(11)7(12)2-8(9)13/h1-4H,13H2. The summed E-state index contributed by atoms with van der Waals surface area (Å²) in [7, 11) is 0. The first-order valence-electron chi connectivity index (χ1n) is 4.03. The highest BCUT2D eigenvalue weighted by molar-refractivity contribution is 6.31. The van der Waals surface area contributed by atoms with Crippen LogP contribution in [0.25, 0.3) is 5.69 Å². The Labute approximate surface area is 95.2 Å². The lowest BCUT2D eigenvalue weighted by Crippen LogP contribution is -2.01. The molecule has 2 rings (SSSR count). The van der Waals surface area contributed by atoms with Gasteiger partial charge in [-0.15, -0.1) is 0 Å². The normalized spacial score (nSPS) is 10.6. The van der Waals surface area contributed by atoms with E-state index in [0.29, 0.717) is 10.7 Å². The Morgan fingerprint density at radius 3 is 2.67 bits per heavy atom. The van der Waals surface area contributed by atoms with E-state index in [2.05, 4.69) is 5.10 Å².